The molecule has 0 aromatic heterocycles. The molecular weight excluding hydrogens is 458 g/mol. The first-order valence-electron chi connectivity index (χ1n) is 13.5. The van der Waals surface area contributed by atoms with E-state index in [1.54, 1.807) is 6.07 Å². The highest BCUT2D eigenvalue weighted by Gasteiger charge is 2.45. The van der Waals surface area contributed by atoms with Crippen LogP contribution >= 0.6 is 0 Å². The molecule has 5 rings (SSSR count). The Bertz CT molecular complexity index is 1010. The van der Waals surface area contributed by atoms with E-state index in [9.17, 15) is 19.2 Å². The van der Waals surface area contributed by atoms with Gasteiger partial charge in [-0.2, -0.15) is 0 Å². The number of hydrogen-bond donors (Lipinski definition) is 2. The van der Waals surface area contributed by atoms with Crippen LogP contribution in [-0.2, 0) is 16.1 Å². The lowest BCUT2D eigenvalue weighted by molar-refractivity contribution is -0.136. The van der Waals surface area contributed by atoms with E-state index in [1.807, 2.05) is 12.1 Å². The molecule has 3 fully saturated rings. The van der Waals surface area contributed by atoms with Crippen molar-refractivity contribution in [2.45, 2.75) is 57.5 Å². The van der Waals surface area contributed by atoms with E-state index in [-0.39, 0.29) is 18.7 Å². The zero-order chi connectivity index (χ0) is 25.1. The highest BCUT2D eigenvalue weighted by Crippen LogP contribution is 2.30. The first-order valence-corrected chi connectivity index (χ1v) is 13.5. The van der Waals surface area contributed by atoms with Gasteiger partial charge in [0.25, 0.3) is 11.8 Å². The van der Waals surface area contributed by atoms with Crippen molar-refractivity contribution in [3.8, 4) is 0 Å². The summed E-state index contributed by atoms with van der Waals surface area (Å²) in [6.07, 6.45) is 6.84. The summed E-state index contributed by atoms with van der Waals surface area (Å²) in [6.45, 7) is 7.97. The molecule has 0 saturated carbocycles. The SMILES string of the molecule is O=C1CCC(N2C(=O)c3cccc(CN4CCN(CCCCC5CCCNC5)CC4)c3C2=O)C(=O)N1. The number of amides is 4. The summed E-state index contributed by atoms with van der Waals surface area (Å²) in [7, 11) is 0. The summed E-state index contributed by atoms with van der Waals surface area (Å²) in [6, 6.07) is 4.45. The third-order valence-corrected chi connectivity index (χ3v) is 8.15. The van der Waals surface area contributed by atoms with Gasteiger partial charge < -0.3 is 10.2 Å². The molecule has 0 radical (unpaired) electrons. The number of hydrogen-bond acceptors (Lipinski definition) is 7. The van der Waals surface area contributed by atoms with Gasteiger partial charge in [-0.15, -0.1) is 0 Å². The van der Waals surface area contributed by atoms with Crippen LogP contribution in [0.15, 0.2) is 18.2 Å². The predicted molar refractivity (Wildman–Crippen MR) is 134 cm³/mol. The zero-order valence-electron chi connectivity index (χ0n) is 21.0. The van der Waals surface area contributed by atoms with E-state index in [1.165, 1.54) is 45.2 Å². The third kappa shape index (κ3) is 5.38. The van der Waals surface area contributed by atoms with Crippen molar-refractivity contribution in [2.75, 3.05) is 45.8 Å². The third-order valence-electron chi connectivity index (χ3n) is 8.15. The van der Waals surface area contributed by atoms with Crippen LogP contribution in [0.3, 0.4) is 0 Å². The van der Waals surface area contributed by atoms with Gasteiger partial charge in [-0.3, -0.25) is 34.3 Å². The monoisotopic (exact) mass is 495 g/mol. The van der Waals surface area contributed by atoms with Gasteiger partial charge in [-0.1, -0.05) is 18.6 Å². The smallest absolute Gasteiger partial charge is 0.262 e. The fourth-order valence-electron chi connectivity index (χ4n) is 6.07. The molecule has 4 amide bonds. The van der Waals surface area contributed by atoms with Crippen molar-refractivity contribution in [3.63, 3.8) is 0 Å². The largest absolute Gasteiger partial charge is 0.316 e. The van der Waals surface area contributed by atoms with Crippen LogP contribution < -0.4 is 10.6 Å². The lowest BCUT2D eigenvalue weighted by Gasteiger charge is -2.35. The molecule has 194 valence electrons. The number of unbranched alkanes of at least 4 members (excludes halogenated alkanes) is 1. The molecule has 4 aliphatic heterocycles. The molecule has 1 aromatic carbocycles. The quantitative estimate of drug-likeness (QED) is 0.415. The van der Waals surface area contributed by atoms with Gasteiger partial charge in [0.05, 0.1) is 11.1 Å². The number of piperidine rings is 2. The summed E-state index contributed by atoms with van der Waals surface area (Å²) in [5, 5.41) is 5.76. The highest BCUT2D eigenvalue weighted by molar-refractivity contribution is 6.24. The molecule has 36 heavy (non-hydrogen) atoms. The van der Waals surface area contributed by atoms with Crippen LogP contribution in [0.2, 0.25) is 0 Å². The molecule has 3 saturated heterocycles. The molecule has 2 N–H and O–H groups in total. The molecule has 9 nitrogen and oxygen atoms in total. The molecule has 4 heterocycles. The van der Waals surface area contributed by atoms with Crippen LogP contribution in [0, 0.1) is 5.92 Å². The molecule has 1 aromatic rings. The predicted octanol–water partition coefficient (Wildman–Crippen LogP) is 1.38. The number of carbonyl (C=O) groups excluding carboxylic acids is 4. The molecular formula is C27H37N5O4. The van der Waals surface area contributed by atoms with Gasteiger partial charge >= 0.3 is 0 Å². The van der Waals surface area contributed by atoms with Crippen LogP contribution in [0.1, 0.15) is 71.2 Å². The van der Waals surface area contributed by atoms with Crippen molar-refractivity contribution < 1.29 is 19.2 Å². The number of rotatable bonds is 8. The molecule has 4 aliphatic rings. The topological polar surface area (TPSA) is 102 Å². The Morgan fingerprint density at radius 3 is 2.47 bits per heavy atom. The van der Waals surface area contributed by atoms with E-state index >= 15 is 0 Å². The van der Waals surface area contributed by atoms with E-state index in [4.69, 9.17) is 0 Å². The molecule has 2 atom stereocenters. The second-order valence-corrected chi connectivity index (χ2v) is 10.6. The van der Waals surface area contributed by atoms with E-state index < -0.39 is 23.8 Å². The fourth-order valence-corrected chi connectivity index (χ4v) is 6.07. The van der Waals surface area contributed by atoms with Crippen molar-refractivity contribution in [1.82, 2.24) is 25.3 Å². The van der Waals surface area contributed by atoms with Gasteiger partial charge in [-0.25, -0.2) is 0 Å². The van der Waals surface area contributed by atoms with E-state index in [2.05, 4.69) is 20.4 Å². The normalized spacial score (nSPS) is 25.8. The van der Waals surface area contributed by atoms with Gasteiger partial charge in [0.2, 0.25) is 11.8 Å². The number of nitrogens with zero attached hydrogens (tertiary/aromatic N) is 3. The van der Waals surface area contributed by atoms with Gasteiger partial charge in [0, 0.05) is 39.1 Å². The molecule has 2 unspecified atom stereocenters. The lowest BCUT2D eigenvalue weighted by Crippen LogP contribution is -2.54. The summed E-state index contributed by atoms with van der Waals surface area (Å²) in [5.41, 5.74) is 1.59. The Kier molecular flexibility index (Phi) is 7.79. The highest BCUT2D eigenvalue weighted by atomic mass is 16.2. The Morgan fingerprint density at radius 2 is 1.72 bits per heavy atom. The standard InChI is InChI=1S/C27H37N5O4/c33-23-10-9-22(25(34)29-23)32-26(35)21-8-3-7-20(24(21)27(32)36)18-31-15-13-30(14-16-31)12-2-1-5-19-6-4-11-28-17-19/h3,7-8,19,22,28H,1-2,4-6,9-18H2,(H,29,33,34). The van der Waals surface area contributed by atoms with Gasteiger partial charge in [0.1, 0.15) is 6.04 Å². The van der Waals surface area contributed by atoms with Gasteiger partial charge in [-0.05, 0) is 69.3 Å². The van der Waals surface area contributed by atoms with E-state index in [0.717, 1.165) is 49.1 Å². The van der Waals surface area contributed by atoms with Crippen molar-refractivity contribution >= 4 is 23.6 Å². The van der Waals surface area contributed by atoms with Crippen LogP contribution in [0.25, 0.3) is 0 Å². The van der Waals surface area contributed by atoms with Crippen LogP contribution in [0.4, 0.5) is 0 Å². The van der Waals surface area contributed by atoms with E-state index in [0.29, 0.717) is 17.7 Å². The average Bonchev–Trinajstić information content (AvgIpc) is 3.14. The maximum absolute atomic E-state index is 13.3. The maximum Gasteiger partial charge on any atom is 0.262 e. The van der Waals surface area contributed by atoms with Crippen molar-refractivity contribution in [2.24, 2.45) is 5.92 Å². The van der Waals surface area contributed by atoms with Crippen molar-refractivity contribution in [3.05, 3.63) is 34.9 Å². The lowest BCUT2D eigenvalue weighted by atomic mass is 9.94. The molecule has 0 spiro atoms. The summed E-state index contributed by atoms with van der Waals surface area (Å²) in [5.74, 6) is -0.959. The maximum atomic E-state index is 13.3. The fraction of sp³-hybridized carbons (Fsp3) is 0.630. The minimum absolute atomic E-state index is 0.124. The Balaban J connectivity index is 1.13. The van der Waals surface area contributed by atoms with Crippen LogP contribution in [0.5, 0.6) is 0 Å². The Hall–Kier alpha value is -2.62. The first kappa shape index (κ1) is 25.0. The van der Waals surface area contributed by atoms with Crippen LogP contribution in [-0.4, -0.2) is 90.2 Å². The summed E-state index contributed by atoms with van der Waals surface area (Å²) < 4.78 is 0. The number of imide groups is 2. The summed E-state index contributed by atoms with van der Waals surface area (Å²) >= 11 is 0. The minimum Gasteiger partial charge on any atom is -0.316 e. The second-order valence-electron chi connectivity index (χ2n) is 10.6. The molecule has 0 aliphatic carbocycles. The number of benzene rings is 1. The Morgan fingerprint density at radius 1 is 0.917 bits per heavy atom. The second kappa shape index (κ2) is 11.2. The van der Waals surface area contributed by atoms with Crippen molar-refractivity contribution in [1.29, 1.82) is 0 Å². The minimum atomic E-state index is -0.930. The first-order chi connectivity index (χ1) is 17.5. The zero-order valence-corrected chi connectivity index (χ0v) is 21.0. The number of piperazine rings is 1. The molecule has 9 heteroatoms. The number of carbonyl (C=O) groups is 4. The van der Waals surface area contributed by atoms with Gasteiger partial charge in [0.15, 0.2) is 0 Å². The number of fused-ring (bicyclic) bond motifs is 1. The molecule has 0 bridgehead atoms. The average molecular weight is 496 g/mol. The Labute approximate surface area is 212 Å². The number of nitrogens with one attached hydrogen (secondary N) is 2. The summed E-state index contributed by atoms with van der Waals surface area (Å²) in [4.78, 5) is 56.2.